The van der Waals surface area contributed by atoms with Crippen LogP contribution in [0.15, 0.2) is 42.5 Å². The number of non-ortho nitro benzene ring substituents is 1. The summed E-state index contributed by atoms with van der Waals surface area (Å²) in [5.74, 6) is -0.138. The average molecular weight is 371 g/mol. The molecule has 134 valence electrons. The summed E-state index contributed by atoms with van der Waals surface area (Å²) in [4.78, 5) is 28.2. The maximum Gasteiger partial charge on any atom is 0.279 e. The molecule has 0 radical (unpaired) electrons. The quantitative estimate of drug-likeness (QED) is 0.513. The lowest BCUT2D eigenvalue weighted by molar-refractivity contribution is -0.885. The van der Waals surface area contributed by atoms with Gasteiger partial charge >= 0.3 is 0 Å². The van der Waals surface area contributed by atoms with Crippen LogP contribution >= 0.6 is 11.3 Å². The summed E-state index contributed by atoms with van der Waals surface area (Å²) in [5.41, 5.74) is 2.25. The largest absolute Gasteiger partial charge is 0.324 e. The van der Waals surface area contributed by atoms with Crippen LogP contribution in [-0.4, -0.2) is 29.4 Å². The Labute approximate surface area is 154 Å². The van der Waals surface area contributed by atoms with Gasteiger partial charge in [0.25, 0.3) is 11.6 Å². The molecule has 0 aliphatic heterocycles. The van der Waals surface area contributed by atoms with E-state index in [9.17, 15) is 14.9 Å². The van der Waals surface area contributed by atoms with Crippen molar-refractivity contribution in [3.05, 3.63) is 63.1 Å². The highest BCUT2D eigenvalue weighted by molar-refractivity contribution is 7.18. The molecule has 7 nitrogen and oxygen atoms in total. The highest BCUT2D eigenvalue weighted by Gasteiger charge is 2.15. The third-order valence-electron chi connectivity index (χ3n) is 3.95. The molecule has 0 spiro atoms. The number of para-hydroxylation sites is 1. The molecular weight excluding hydrogens is 352 g/mol. The summed E-state index contributed by atoms with van der Waals surface area (Å²) < 4.78 is 1.14. The SMILES string of the molecule is Cc1cc([N+](=O)[O-])ccc1NC(=O)C[NH+](C)Cc1nc2ccccc2s1. The van der Waals surface area contributed by atoms with Gasteiger partial charge in [-0.1, -0.05) is 12.1 Å². The first kappa shape index (κ1) is 18.0. The first-order valence-electron chi connectivity index (χ1n) is 8.13. The van der Waals surface area contributed by atoms with Crippen LogP contribution in [-0.2, 0) is 11.3 Å². The number of carbonyl (C=O) groups excluding carboxylic acids is 1. The van der Waals surface area contributed by atoms with Crippen molar-refractivity contribution in [3.8, 4) is 0 Å². The van der Waals surface area contributed by atoms with Crippen molar-refractivity contribution in [1.29, 1.82) is 0 Å². The lowest BCUT2D eigenvalue weighted by Gasteiger charge is -2.13. The van der Waals surface area contributed by atoms with E-state index >= 15 is 0 Å². The molecule has 0 saturated carbocycles. The van der Waals surface area contributed by atoms with Gasteiger partial charge in [0.1, 0.15) is 11.6 Å². The molecule has 2 aromatic carbocycles. The van der Waals surface area contributed by atoms with E-state index in [1.807, 2.05) is 31.3 Å². The smallest absolute Gasteiger partial charge is 0.279 e. The van der Waals surface area contributed by atoms with Gasteiger partial charge in [0.05, 0.1) is 22.2 Å². The van der Waals surface area contributed by atoms with Crippen LogP contribution in [0.1, 0.15) is 10.6 Å². The van der Waals surface area contributed by atoms with Gasteiger partial charge in [0, 0.05) is 17.8 Å². The molecule has 0 aliphatic carbocycles. The Kier molecular flexibility index (Phi) is 5.24. The number of nitrogens with zero attached hydrogens (tertiary/aromatic N) is 2. The van der Waals surface area contributed by atoms with E-state index in [1.165, 1.54) is 12.1 Å². The molecule has 0 saturated heterocycles. The number of hydrogen-bond acceptors (Lipinski definition) is 5. The number of rotatable bonds is 6. The zero-order chi connectivity index (χ0) is 18.7. The van der Waals surface area contributed by atoms with E-state index < -0.39 is 4.92 Å². The second kappa shape index (κ2) is 7.59. The molecule has 3 rings (SSSR count). The number of likely N-dealkylation sites (N-methyl/N-ethyl adjacent to an activating group) is 1. The van der Waals surface area contributed by atoms with E-state index in [0.29, 0.717) is 17.8 Å². The maximum absolute atomic E-state index is 12.3. The van der Waals surface area contributed by atoms with E-state index in [2.05, 4.69) is 10.3 Å². The number of fused-ring (bicyclic) bond motifs is 1. The first-order chi connectivity index (χ1) is 12.4. The third kappa shape index (κ3) is 4.22. The second-order valence-electron chi connectivity index (χ2n) is 6.19. The molecule has 26 heavy (non-hydrogen) atoms. The minimum absolute atomic E-state index is 0.0130. The average Bonchev–Trinajstić information content (AvgIpc) is 2.98. The molecular formula is C18H19N4O3S+. The topological polar surface area (TPSA) is 89.6 Å². The number of hydrogen-bond donors (Lipinski definition) is 2. The predicted molar refractivity (Wildman–Crippen MR) is 102 cm³/mol. The predicted octanol–water partition coefficient (Wildman–Crippen LogP) is 2.17. The molecule has 0 bridgehead atoms. The number of nitro groups is 1. The number of quaternary nitrogens is 1. The minimum Gasteiger partial charge on any atom is -0.324 e. The Bertz CT molecular complexity index is 937. The Morgan fingerprint density at radius 1 is 1.31 bits per heavy atom. The number of benzene rings is 2. The van der Waals surface area contributed by atoms with Crippen LogP contribution in [0.2, 0.25) is 0 Å². The monoisotopic (exact) mass is 371 g/mol. The molecule has 0 fully saturated rings. The minimum atomic E-state index is -0.450. The van der Waals surface area contributed by atoms with Crippen LogP contribution in [0.5, 0.6) is 0 Å². The number of anilines is 1. The molecule has 1 heterocycles. The van der Waals surface area contributed by atoms with Gasteiger partial charge in [0.15, 0.2) is 6.54 Å². The summed E-state index contributed by atoms with van der Waals surface area (Å²) >= 11 is 1.64. The number of nitro benzene ring substituents is 1. The fraction of sp³-hybridized carbons (Fsp3) is 0.222. The van der Waals surface area contributed by atoms with Gasteiger partial charge in [-0.05, 0) is 30.7 Å². The van der Waals surface area contributed by atoms with E-state index in [4.69, 9.17) is 0 Å². The lowest BCUT2D eigenvalue weighted by Crippen LogP contribution is -3.08. The van der Waals surface area contributed by atoms with Crippen molar-refractivity contribution in [2.45, 2.75) is 13.5 Å². The van der Waals surface area contributed by atoms with E-state index in [1.54, 1.807) is 24.3 Å². The van der Waals surface area contributed by atoms with Gasteiger partial charge in [0.2, 0.25) is 0 Å². The Hall–Kier alpha value is -2.84. The Morgan fingerprint density at radius 3 is 2.77 bits per heavy atom. The van der Waals surface area contributed by atoms with Crippen LogP contribution in [0.25, 0.3) is 10.2 Å². The van der Waals surface area contributed by atoms with Gasteiger partial charge < -0.3 is 10.2 Å². The van der Waals surface area contributed by atoms with Gasteiger partial charge in [-0.2, -0.15) is 0 Å². The molecule has 1 unspecified atom stereocenters. The molecule has 8 heteroatoms. The number of aromatic nitrogens is 1. The standard InChI is InChI=1S/C18H18N4O3S/c1-12-9-13(22(24)25)7-8-14(12)19-17(23)10-21(2)11-18-20-15-5-3-4-6-16(15)26-18/h3-9H,10-11H2,1-2H3,(H,19,23)/p+1. The molecule has 0 aliphatic rings. The summed E-state index contributed by atoms with van der Waals surface area (Å²) in [6, 6.07) is 12.4. The molecule has 3 aromatic rings. The molecule has 1 amide bonds. The zero-order valence-corrected chi connectivity index (χ0v) is 15.3. The fourth-order valence-electron chi connectivity index (χ4n) is 2.69. The van der Waals surface area contributed by atoms with Gasteiger partial charge in [-0.25, -0.2) is 4.98 Å². The van der Waals surface area contributed by atoms with Crippen molar-refractivity contribution in [2.75, 3.05) is 18.9 Å². The van der Waals surface area contributed by atoms with Gasteiger partial charge in [-0.3, -0.25) is 14.9 Å². The third-order valence-corrected chi connectivity index (χ3v) is 4.98. The van der Waals surface area contributed by atoms with Crippen LogP contribution in [0.3, 0.4) is 0 Å². The maximum atomic E-state index is 12.3. The summed E-state index contributed by atoms with van der Waals surface area (Å²) in [6.07, 6.45) is 0. The number of thiazole rings is 1. The van der Waals surface area contributed by atoms with Crippen molar-refractivity contribution < 1.29 is 14.6 Å². The van der Waals surface area contributed by atoms with Crippen molar-refractivity contribution in [3.63, 3.8) is 0 Å². The Balaban J connectivity index is 1.59. The summed E-state index contributed by atoms with van der Waals surface area (Å²) in [5, 5.41) is 14.6. The van der Waals surface area contributed by atoms with Crippen LogP contribution < -0.4 is 10.2 Å². The number of carbonyl (C=O) groups is 1. The van der Waals surface area contributed by atoms with E-state index in [-0.39, 0.29) is 18.1 Å². The van der Waals surface area contributed by atoms with Crippen LogP contribution in [0.4, 0.5) is 11.4 Å². The van der Waals surface area contributed by atoms with Crippen LogP contribution in [0, 0.1) is 17.0 Å². The van der Waals surface area contributed by atoms with Crippen molar-refractivity contribution in [1.82, 2.24) is 4.98 Å². The van der Waals surface area contributed by atoms with E-state index in [0.717, 1.165) is 20.1 Å². The molecule has 1 aromatic heterocycles. The lowest BCUT2D eigenvalue weighted by atomic mass is 10.2. The van der Waals surface area contributed by atoms with Crippen molar-refractivity contribution >= 4 is 38.8 Å². The normalized spacial score (nSPS) is 12.1. The fourth-order valence-corrected chi connectivity index (χ4v) is 3.77. The van der Waals surface area contributed by atoms with Gasteiger partial charge in [-0.15, -0.1) is 11.3 Å². The van der Waals surface area contributed by atoms with Crippen molar-refractivity contribution in [2.24, 2.45) is 0 Å². The number of nitrogens with one attached hydrogen (secondary N) is 2. The Morgan fingerprint density at radius 2 is 2.08 bits per heavy atom. The number of aryl methyl sites for hydroxylation is 1. The molecule has 2 N–H and O–H groups in total. The first-order valence-corrected chi connectivity index (χ1v) is 8.94. The highest BCUT2D eigenvalue weighted by Crippen LogP contribution is 2.21. The summed E-state index contributed by atoms with van der Waals surface area (Å²) in [6.45, 7) is 2.68. The molecule has 1 atom stereocenters. The number of amides is 1. The second-order valence-corrected chi connectivity index (χ2v) is 7.31. The zero-order valence-electron chi connectivity index (χ0n) is 14.5. The highest BCUT2D eigenvalue weighted by atomic mass is 32.1. The summed E-state index contributed by atoms with van der Waals surface area (Å²) in [7, 11) is 1.94.